The van der Waals surface area contributed by atoms with Crippen molar-refractivity contribution in [2.24, 2.45) is 5.41 Å². The van der Waals surface area contributed by atoms with Gasteiger partial charge in [0.1, 0.15) is 0 Å². The fourth-order valence-electron chi connectivity index (χ4n) is 1.89. The number of aromatic nitrogens is 1. The monoisotopic (exact) mass is 271 g/mol. The van der Waals surface area contributed by atoms with Crippen LogP contribution >= 0.6 is 0 Å². The first-order valence-corrected chi connectivity index (χ1v) is 6.80. The topological polar surface area (TPSA) is 54.0 Å². The largest absolute Gasteiger partial charge is 0.338 e. The molecule has 0 aliphatic rings. The number of para-hydroxylation sites is 1. The molecule has 106 valence electrons. The zero-order valence-electron chi connectivity index (χ0n) is 12.2. The Bertz CT molecular complexity index is 597. The number of hydrogen-bond acceptors (Lipinski definition) is 2. The quantitative estimate of drug-likeness (QED) is 0.901. The highest BCUT2D eigenvalue weighted by Gasteiger charge is 2.11. The molecule has 0 radical (unpaired) electrons. The third-order valence-corrected chi connectivity index (χ3v) is 2.96. The van der Waals surface area contributed by atoms with Crippen molar-refractivity contribution in [1.29, 1.82) is 0 Å². The van der Waals surface area contributed by atoms with Crippen molar-refractivity contribution in [2.75, 3.05) is 6.54 Å². The Morgan fingerprint density at radius 3 is 2.65 bits per heavy atom. The Hall–Kier alpha value is -2.10. The van der Waals surface area contributed by atoms with Crippen LogP contribution in [-0.4, -0.2) is 17.6 Å². The van der Waals surface area contributed by atoms with E-state index in [-0.39, 0.29) is 11.4 Å². The molecule has 4 heteroatoms. The summed E-state index contributed by atoms with van der Waals surface area (Å²) in [6.07, 6.45) is 1.77. The van der Waals surface area contributed by atoms with Gasteiger partial charge in [0.05, 0.1) is 5.52 Å². The number of benzene rings is 1. The summed E-state index contributed by atoms with van der Waals surface area (Å²) < 4.78 is 0. The third-order valence-electron chi connectivity index (χ3n) is 2.96. The second-order valence-corrected chi connectivity index (χ2v) is 6.08. The van der Waals surface area contributed by atoms with E-state index in [0.29, 0.717) is 13.1 Å². The molecule has 1 heterocycles. The van der Waals surface area contributed by atoms with Gasteiger partial charge in [-0.25, -0.2) is 4.79 Å². The van der Waals surface area contributed by atoms with E-state index < -0.39 is 0 Å². The van der Waals surface area contributed by atoms with Crippen LogP contribution in [0.1, 0.15) is 26.3 Å². The Kier molecular flexibility index (Phi) is 4.23. The highest BCUT2D eigenvalue weighted by atomic mass is 16.2. The van der Waals surface area contributed by atoms with Crippen LogP contribution in [0.2, 0.25) is 0 Å². The second kappa shape index (κ2) is 5.90. The van der Waals surface area contributed by atoms with Crippen LogP contribution < -0.4 is 10.6 Å². The van der Waals surface area contributed by atoms with Crippen LogP contribution in [0.5, 0.6) is 0 Å². The molecule has 2 rings (SSSR count). The molecular formula is C16H21N3O. The van der Waals surface area contributed by atoms with Crippen molar-refractivity contribution >= 4 is 16.9 Å². The Morgan fingerprint density at radius 1 is 1.15 bits per heavy atom. The van der Waals surface area contributed by atoms with Gasteiger partial charge < -0.3 is 10.6 Å². The number of hydrogen-bond donors (Lipinski definition) is 2. The van der Waals surface area contributed by atoms with Gasteiger partial charge in [0.2, 0.25) is 0 Å². The molecule has 0 fully saturated rings. The van der Waals surface area contributed by atoms with E-state index in [1.165, 1.54) is 0 Å². The average molecular weight is 271 g/mol. The number of urea groups is 1. The molecule has 0 spiro atoms. The Labute approximate surface area is 119 Å². The summed E-state index contributed by atoms with van der Waals surface area (Å²) in [7, 11) is 0. The van der Waals surface area contributed by atoms with E-state index in [2.05, 4.69) is 36.4 Å². The maximum absolute atomic E-state index is 11.8. The van der Waals surface area contributed by atoms with Crippen LogP contribution in [0.15, 0.2) is 36.5 Å². The minimum Gasteiger partial charge on any atom is -0.338 e. The number of nitrogens with one attached hydrogen (secondary N) is 2. The molecule has 4 nitrogen and oxygen atoms in total. The van der Waals surface area contributed by atoms with Crippen LogP contribution in [-0.2, 0) is 6.54 Å². The number of amides is 2. The van der Waals surface area contributed by atoms with E-state index in [9.17, 15) is 4.79 Å². The maximum Gasteiger partial charge on any atom is 0.315 e. The van der Waals surface area contributed by atoms with Gasteiger partial charge in [-0.05, 0) is 23.1 Å². The molecular weight excluding hydrogens is 250 g/mol. The Balaban J connectivity index is 1.98. The van der Waals surface area contributed by atoms with Gasteiger partial charge in [0.25, 0.3) is 0 Å². The number of pyridine rings is 1. The maximum atomic E-state index is 11.8. The number of carbonyl (C=O) groups is 1. The molecule has 2 aromatic rings. The zero-order chi connectivity index (χ0) is 14.6. The molecule has 0 bridgehead atoms. The smallest absolute Gasteiger partial charge is 0.315 e. The first-order valence-electron chi connectivity index (χ1n) is 6.80. The van der Waals surface area contributed by atoms with Gasteiger partial charge in [-0.15, -0.1) is 0 Å². The lowest BCUT2D eigenvalue weighted by Gasteiger charge is -2.19. The molecule has 0 atom stereocenters. The standard InChI is InChI=1S/C16H21N3O/c1-16(2,3)11-19-15(20)18-10-12-8-9-17-14-7-5-4-6-13(12)14/h4-9H,10-11H2,1-3H3,(H2,18,19,20). The predicted octanol–water partition coefficient (Wildman–Crippen LogP) is 3.08. The van der Waals surface area contributed by atoms with Crippen molar-refractivity contribution in [3.63, 3.8) is 0 Å². The highest BCUT2D eigenvalue weighted by Crippen LogP contribution is 2.15. The number of carbonyl (C=O) groups excluding carboxylic acids is 1. The molecule has 0 aliphatic carbocycles. The lowest BCUT2D eigenvalue weighted by molar-refractivity contribution is 0.235. The molecule has 2 amide bonds. The van der Waals surface area contributed by atoms with Crippen molar-refractivity contribution < 1.29 is 4.79 Å². The van der Waals surface area contributed by atoms with E-state index in [1.54, 1.807) is 6.20 Å². The minimum absolute atomic E-state index is 0.0840. The summed E-state index contributed by atoms with van der Waals surface area (Å²) in [6, 6.07) is 9.73. The van der Waals surface area contributed by atoms with Gasteiger partial charge in [-0.3, -0.25) is 4.98 Å². The fourth-order valence-corrected chi connectivity index (χ4v) is 1.89. The van der Waals surface area contributed by atoms with Crippen LogP contribution in [0, 0.1) is 5.41 Å². The summed E-state index contributed by atoms with van der Waals surface area (Å²) in [4.78, 5) is 16.1. The van der Waals surface area contributed by atoms with Gasteiger partial charge in [-0.2, -0.15) is 0 Å². The van der Waals surface area contributed by atoms with Crippen molar-refractivity contribution in [3.8, 4) is 0 Å². The molecule has 1 aromatic heterocycles. The van der Waals surface area contributed by atoms with E-state index >= 15 is 0 Å². The van der Waals surface area contributed by atoms with Crippen LogP contribution in [0.3, 0.4) is 0 Å². The van der Waals surface area contributed by atoms with Crippen LogP contribution in [0.25, 0.3) is 10.9 Å². The van der Waals surface area contributed by atoms with Gasteiger partial charge >= 0.3 is 6.03 Å². The lowest BCUT2D eigenvalue weighted by Crippen LogP contribution is -2.39. The predicted molar refractivity (Wildman–Crippen MR) is 81.4 cm³/mol. The zero-order valence-corrected chi connectivity index (χ0v) is 12.2. The minimum atomic E-state index is -0.138. The normalized spacial score (nSPS) is 11.3. The van der Waals surface area contributed by atoms with Gasteiger partial charge in [0.15, 0.2) is 0 Å². The third kappa shape index (κ3) is 3.95. The molecule has 0 unspecified atom stereocenters. The SMILES string of the molecule is CC(C)(C)CNC(=O)NCc1ccnc2ccccc12. The summed E-state index contributed by atoms with van der Waals surface area (Å²) in [5.41, 5.74) is 2.10. The summed E-state index contributed by atoms with van der Waals surface area (Å²) in [5, 5.41) is 6.84. The molecule has 0 saturated heterocycles. The lowest BCUT2D eigenvalue weighted by atomic mass is 9.97. The second-order valence-electron chi connectivity index (χ2n) is 6.08. The van der Waals surface area contributed by atoms with Gasteiger partial charge in [0, 0.05) is 24.7 Å². The van der Waals surface area contributed by atoms with Crippen molar-refractivity contribution in [3.05, 3.63) is 42.1 Å². The van der Waals surface area contributed by atoms with E-state index in [4.69, 9.17) is 0 Å². The summed E-state index contributed by atoms with van der Waals surface area (Å²) in [5.74, 6) is 0. The summed E-state index contributed by atoms with van der Waals surface area (Å²) in [6.45, 7) is 7.41. The molecule has 1 aromatic carbocycles. The van der Waals surface area contributed by atoms with E-state index in [1.807, 2.05) is 30.3 Å². The number of fused-ring (bicyclic) bond motifs is 1. The average Bonchev–Trinajstić information content (AvgIpc) is 2.42. The molecule has 0 saturated carbocycles. The molecule has 0 aliphatic heterocycles. The number of rotatable bonds is 3. The first kappa shape index (κ1) is 14.3. The molecule has 20 heavy (non-hydrogen) atoms. The molecule has 2 N–H and O–H groups in total. The Morgan fingerprint density at radius 2 is 1.90 bits per heavy atom. The fraction of sp³-hybridized carbons (Fsp3) is 0.375. The number of nitrogens with zero attached hydrogens (tertiary/aromatic N) is 1. The summed E-state index contributed by atoms with van der Waals surface area (Å²) >= 11 is 0. The highest BCUT2D eigenvalue weighted by molar-refractivity contribution is 5.82. The van der Waals surface area contributed by atoms with Crippen LogP contribution in [0.4, 0.5) is 4.79 Å². The van der Waals surface area contributed by atoms with E-state index in [0.717, 1.165) is 16.5 Å². The first-order chi connectivity index (χ1) is 9.46. The van der Waals surface area contributed by atoms with Crippen molar-refractivity contribution in [2.45, 2.75) is 27.3 Å². The van der Waals surface area contributed by atoms with Gasteiger partial charge in [-0.1, -0.05) is 39.0 Å². The van der Waals surface area contributed by atoms with Crippen molar-refractivity contribution in [1.82, 2.24) is 15.6 Å².